The minimum atomic E-state index is -0.409. The zero-order valence-electron chi connectivity index (χ0n) is 9.36. The average Bonchev–Trinajstić information content (AvgIpc) is 2.62. The van der Waals surface area contributed by atoms with E-state index in [0.717, 1.165) is 16.7 Å². The summed E-state index contributed by atoms with van der Waals surface area (Å²) in [7, 11) is 0. The lowest BCUT2D eigenvalue weighted by Crippen LogP contribution is -1.93. The van der Waals surface area contributed by atoms with Crippen LogP contribution in [-0.2, 0) is 0 Å². The Bertz CT molecular complexity index is 718. The van der Waals surface area contributed by atoms with Crippen molar-refractivity contribution in [3.8, 4) is 11.1 Å². The number of nitro groups is 1. The van der Waals surface area contributed by atoms with Gasteiger partial charge >= 0.3 is 0 Å². The Morgan fingerprint density at radius 3 is 2.47 bits per heavy atom. The second-order valence-corrected chi connectivity index (χ2v) is 6.03. The van der Waals surface area contributed by atoms with E-state index in [1.807, 2.05) is 6.07 Å². The summed E-state index contributed by atoms with van der Waals surface area (Å²) >= 11 is 15.5. The molecule has 3 nitrogen and oxygen atoms in total. The number of nitro benzene ring substituents is 1. The molecule has 96 valence electrons. The molecule has 0 spiro atoms. The second kappa shape index (κ2) is 4.47. The van der Waals surface area contributed by atoms with Crippen LogP contribution in [0.4, 0.5) is 5.69 Å². The molecular weight excluding hydrogens is 353 g/mol. The van der Waals surface area contributed by atoms with Crippen molar-refractivity contribution < 1.29 is 4.92 Å². The number of alkyl halides is 1. The number of rotatable bonds is 1. The number of hydrogen-bond acceptors (Lipinski definition) is 2. The highest BCUT2D eigenvalue weighted by atomic mass is 79.9. The Hall–Kier alpha value is -1.10. The number of nitrogens with zero attached hydrogens (tertiary/aromatic N) is 1. The van der Waals surface area contributed by atoms with Crippen molar-refractivity contribution in [3.05, 3.63) is 61.6 Å². The molecule has 0 bridgehead atoms. The molecule has 1 atom stereocenters. The topological polar surface area (TPSA) is 43.1 Å². The van der Waals surface area contributed by atoms with Gasteiger partial charge in [-0.15, -0.1) is 0 Å². The fourth-order valence-corrected chi connectivity index (χ4v) is 3.53. The molecule has 0 aliphatic heterocycles. The van der Waals surface area contributed by atoms with Gasteiger partial charge < -0.3 is 0 Å². The van der Waals surface area contributed by atoms with Crippen molar-refractivity contribution in [1.82, 2.24) is 0 Å². The molecule has 19 heavy (non-hydrogen) atoms. The smallest absolute Gasteiger partial charge is 0.258 e. The quantitative estimate of drug-likeness (QED) is 0.391. The third-order valence-electron chi connectivity index (χ3n) is 3.14. The van der Waals surface area contributed by atoms with Gasteiger partial charge in [-0.1, -0.05) is 45.2 Å². The summed E-state index contributed by atoms with van der Waals surface area (Å²) in [5.41, 5.74) is 3.19. The summed E-state index contributed by atoms with van der Waals surface area (Å²) in [5, 5.41) is 12.2. The number of benzene rings is 2. The highest BCUT2D eigenvalue weighted by Crippen LogP contribution is 2.52. The minimum absolute atomic E-state index is 0.0213. The van der Waals surface area contributed by atoms with Crippen LogP contribution in [0.2, 0.25) is 10.0 Å². The SMILES string of the molecule is O=[N+]([O-])c1cc(Cl)cc2c1-c1ccc(Cl)cc1[C@H]2Br. The first-order valence-electron chi connectivity index (χ1n) is 5.41. The molecule has 0 saturated carbocycles. The summed E-state index contributed by atoms with van der Waals surface area (Å²) < 4.78 is 0. The number of fused-ring (bicyclic) bond motifs is 3. The third kappa shape index (κ3) is 1.95. The Labute approximate surface area is 127 Å². The lowest BCUT2D eigenvalue weighted by molar-refractivity contribution is -0.384. The van der Waals surface area contributed by atoms with Crippen molar-refractivity contribution in [2.24, 2.45) is 0 Å². The summed E-state index contributed by atoms with van der Waals surface area (Å²) in [6.45, 7) is 0. The molecule has 3 rings (SSSR count). The van der Waals surface area contributed by atoms with Crippen LogP contribution in [0.1, 0.15) is 16.0 Å². The van der Waals surface area contributed by atoms with E-state index in [2.05, 4.69) is 15.9 Å². The van der Waals surface area contributed by atoms with Crippen LogP contribution in [0.15, 0.2) is 30.3 Å². The molecule has 0 unspecified atom stereocenters. The van der Waals surface area contributed by atoms with Crippen molar-refractivity contribution in [2.45, 2.75) is 4.83 Å². The molecule has 0 aromatic heterocycles. The maximum Gasteiger partial charge on any atom is 0.279 e. The van der Waals surface area contributed by atoms with E-state index in [9.17, 15) is 10.1 Å². The Kier molecular flexibility index (Phi) is 3.04. The number of halogens is 3. The van der Waals surface area contributed by atoms with Crippen molar-refractivity contribution in [2.75, 3.05) is 0 Å². The Morgan fingerprint density at radius 1 is 1.11 bits per heavy atom. The van der Waals surface area contributed by atoms with E-state index in [0.29, 0.717) is 15.6 Å². The fraction of sp³-hybridized carbons (Fsp3) is 0.0769. The lowest BCUT2D eigenvalue weighted by Gasteiger charge is -2.05. The van der Waals surface area contributed by atoms with Crippen LogP contribution in [0.25, 0.3) is 11.1 Å². The molecule has 0 saturated heterocycles. The van der Waals surface area contributed by atoms with Crippen LogP contribution in [-0.4, -0.2) is 4.92 Å². The van der Waals surface area contributed by atoms with Gasteiger partial charge in [0.05, 0.1) is 15.3 Å². The van der Waals surface area contributed by atoms with E-state index in [1.54, 1.807) is 18.2 Å². The molecule has 0 fully saturated rings. The van der Waals surface area contributed by atoms with Gasteiger partial charge in [0.1, 0.15) is 0 Å². The van der Waals surface area contributed by atoms with Crippen molar-refractivity contribution >= 4 is 44.8 Å². The molecular formula is C13H6BrCl2NO2. The summed E-state index contributed by atoms with van der Waals surface area (Å²) in [6, 6.07) is 8.47. The first-order chi connectivity index (χ1) is 8.99. The maximum atomic E-state index is 11.2. The van der Waals surface area contributed by atoms with E-state index < -0.39 is 4.92 Å². The number of hydrogen-bond donors (Lipinski definition) is 0. The molecule has 2 aromatic rings. The van der Waals surface area contributed by atoms with Gasteiger partial charge in [0.2, 0.25) is 0 Å². The van der Waals surface area contributed by atoms with E-state index >= 15 is 0 Å². The standard InChI is InChI=1S/C13H6BrCl2NO2/c14-13-9-3-6(15)1-2-8(9)12-10(13)4-7(16)5-11(12)17(18)19/h1-5,13H/t13-/m1/s1. The van der Waals surface area contributed by atoms with Gasteiger partial charge in [0.15, 0.2) is 0 Å². The zero-order chi connectivity index (χ0) is 13.7. The highest BCUT2D eigenvalue weighted by molar-refractivity contribution is 9.09. The molecule has 2 aromatic carbocycles. The summed E-state index contributed by atoms with van der Waals surface area (Å²) in [6.07, 6.45) is 0. The molecule has 1 aliphatic carbocycles. The van der Waals surface area contributed by atoms with Crippen molar-refractivity contribution in [1.29, 1.82) is 0 Å². The molecule has 1 aliphatic rings. The monoisotopic (exact) mass is 357 g/mol. The van der Waals surface area contributed by atoms with E-state index in [-0.39, 0.29) is 10.5 Å². The van der Waals surface area contributed by atoms with Crippen LogP contribution in [0.5, 0.6) is 0 Å². The maximum absolute atomic E-state index is 11.2. The second-order valence-electron chi connectivity index (χ2n) is 4.24. The van der Waals surface area contributed by atoms with Gasteiger partial charge in [-0.05, 0) is 34.9 Å². The molecule has 0 amide bonds. The Morgan fingerprint density at radius 2 is 1.79 bits per heavy atom. The minimum Gasteiger partial charge on any atom is -0.258 e. The van der Waals surface area contributed by atoms with Gasteiger partial charge in [-0.2, -0.15) is 0 Å². The predicted octanol–water partition coefficient (Wildman–Crippen LogP) is 5.37. The van der Waals surface area contributed by atoms with Crippen LogP contribution < -0.4 is 0 Å². The molecule has 6 heteroatoms. The summed E-state index contributed by atoms with van der Waals surface area (Å²) in [5.74, 6) is 0. The summed E-state index contributed by atoms with van der Waals surface area (Å²) in [4.78, 5) is 10.7. The van der Waals surface area contributed by atoms with Gasteiger partial charge in [0.25, 0.3) is 5.69 Å². The van der Waals surface area contributed by atoms with Crippen molar-refractivity contribution in [3.63, 3.8) is 0 Å². The van der Waals surface area contributed by atoms with Gasteiger partial charge in [-0.3, -0.25) is 10.1 Å². The van der Waals surface area contributed by atoms with Crippen LogP contribution in [0, 0.1) is 10.1 Å². The van der Waals surface area contributed by atoms with Crippen LogP contribution >= 0.6 is 39.1 Å². The normalized spacial score (nSPS) is 16.1. The fourth-order valence-electron chi connectivity index (χ4n) is 2.39. The van der Waals surface area contributed by atoms with Crippen LogP contribution in [0.3, 0.4) is 0 Å². The first-order valence-corrected chi connectivity index (χ1v) is 7.08. The third-order valence-corrected chi connectivity index (χ3v) is 4.58. The molecule has 0 radical (unpaired) electrons. The van der Waals surface area contributed by atoms with E-state index in [1.165, 1.54) is 6.07 Å². The largest absolute Gasteiger partial charge is 0.279 e. The first kappa shape index (κ1) is 12.9. The molecule has 0 heterocycles. The predicted molar refractivity (Wildman–Crippen MR) is 79.3 cm³/mol. The van der Waals surface area contributed by atoms with Gasteiger partial charge in [-0.25, -0.2) is 0 Å². The van der Waals surface area contributed by atoms with E-state index in [4.69, 9.17) is 23.2 Å². The van der Waals surface area contributed by atoms with Gasteiger partial charge in [0, 0.05) is 16.1 Å². The average molecular weight is 359 g/mol. The Balaban J connectivity index is 2.38. The molecule has 0 N–H and O–H groups in total. The zero-order valence-corrected chi connectivity index (χ0v) is 12.5. The highest BCUT2D eigenvalue weighted by Gasteiger charge is 2.33. The lowest BCUT2D eigenvalue weighted by atomic mass is 10.0.